The molecule has 0 saturated carbocycles. The number of aromatic nitrogens is 1. The van der Waals surface area contributed by atoms with Gasteiger partial charge in [-0.15, -0.1) is 0 Å². The summed E-state index contributed by atoms with van der Waals surface area (Å²) in [5.74, 6) is 0.884. The van der Waals surface area contributed by atoms with Gasteiger partial charge >= 0.3 is 0 Å². The second-order valence-electron chi connectivity index (χ2n) is 21.8. The Morgan fingerprint density at radius 3 is 1.84 bits per heavy atom. The molecule has 3 nitrogen and oxygen atoms in total. The third-order valence-corrected chi connectivity index (χ3v) is 15.7. The van der Waals surface area contributed by atoms with E-state index in [0.29, 0.717) is 0 Å². The van der Waals surface area contributed by atoms with Gasteiger partial charge in [-0.3, -0.25) is 0 Å². The van der Waals surface area contributed by atoms with Crippen LogP contribution in [0.15, 0.2) is 144 Å². The Kier molecular flexibility index (Phi) is 8.38. The molecule has 7 aromatic carbocycles. The molecule has 3 heterocycles. The van der Waals surface area contributed by atoms with Crippen LogP contribution >= 0.6 is 0 Å². The van der Waals surface area contributed by atoms with E-state index in [1.807, 2.05) is 0 Å². The van der Waals surface area contributed by atoms with Gasteiger partial charge in [0.05, 0.1) is 5.52 Å². The third kappa shape index (κ3) is 5.94. The molecule has 315 valence electrons. The van der Waals surface area contributed by atoms with Gasteiger partial charge in [0.1, 0.15) is 11.3 Å². The smallest absolute Gasteiger partial charge is 0.198 e. The summed E-state index contributed by atoms with van der Waals surface area (Å²) in [4.78, 5) is 0. The Hall–Kier alpha value is -6.26. The highest BCUT2D eigenvalue weighted by Gasteiger charge is 2.40. The summed E-state index contributed by atoms with van der Waals surface area (Å²) in [5, 5.41) is 7.79. The molecule has 4 heteroatoms. The van der Waals surface area contributed by atoms with Gasteiger partial charge in [-0.25, -0.2) is 0 Å². The second-order valence-corrected chi connectivity index (χ2v) is 21.8. The number of benzene rings is 7. The van der Waals surface area contributed by atoms with Crippen LogP contribution in [-0.4, -0.2) is 11.8 Å². The van der Waals surface area contributed by atoms with Crippen molar-refractivity contribution < 1.29 is 4.42 Å². The number of fused-ring (bicyclic) bond motifs is 8. The maximum Gasteiger partial charge on any atom is 0.198 e. The minimum Gasteiger partial charge on any atom is -0.456 e. The van der Waals surface area contributed by atoms with Gasteiger partial charge in [0.15, 0.2) is 7.28 Å². The Morgan fingerprint density at radius 2 is 1.14 bits per heavy atom. The van der Waals surface area contributed by atoms with Crippen molar-refractivity contribution in [2.24, 2.45) is 0 Å². The Morgan fingerprint density at radius 1 is 0.531 bits per heavy atom. The van der Waals surface area contributed by atoms with Gasteiger partial charge in [0, 0.05) is 49.9 Å². The number of nitrogens with one attached hydrogen (secondary N) is 1. The predicted molar refractivity (Wildman–Crippen MR) is 272 cm³/mol. The van der Waals surface area contributed by atoms with Gasteiger partial charge in [-0.2, -0.15) is 0 Å². The van der Waals surface area contributed by atoms with E-state index in [-0.39, 0.29) is 21.7 Å². The Balaban J connectivity index is 1.16. The van der Waals surface area contributed by atoms with Crippen molar-refractivity contribution in [2.75, 3.05) is 5.32 Å². The van der Waals surface area contributed by atoms with Crippen molar-refractivity contribution in [2.45, 2.75) is 103 Å². The maximum atomic E-state index is 6.66. The van der Waals surface area contributed by atoms with Gasteiger partial charge < -0.3 is 14.3 Å². The van der Waals surface area contributed by atoms with E-state index < -0.39 is 0 Å². The molecule has 1 aliphatic heterocycles. The highest BCUT2D eigenvalue weighted by molar-refractivity contribution is 6.74. The standard InChI is InChI=1S/C60H56BN2O/c1-57(2)25-26-58(3,4)45-31-39(23-24-44(45)57)62-49-34-47-46(59(5,6)27-28-60(47,7)8)33-42(49)43-32-41(36-17-11-9-12-18-36)54-40-21-15-16-22-50(40)63-51-29-38-30-52(37-19-13-10-14-20-37)64-53(38)35-48(51)61-55(43)56(54)63/h9-24,29-35,62H,25-28H2,1-8H3. The fourth-order valence-electron chi connectivity index (χ4n) is 11.7. The first-order valence-corrected chi connectivity index (χ1v) is 23.4. The molecular formula is C60H56BN2O. The average Bonchev–Trinajstić information content (AvgIpc) is 3.87. The number of furan rings is 1. The largest absolute Gasteiger partial charge is 0.456 e. The fraction of sp³-hybridized carbons (Fsp3) is 0.267. The van der Waals surface area contributed by atoms with E-state index in [1.165, 1.54) is 90.3 Å². The lowest BCUT2D eigenvalue weighted by Gasteiger charge is -2.43. The van der Waals surface area contributed by atoms with Crippen molar-refractivity contribution >= 4 is 62.4 Å². The number of hydrogen-bond donors (Lipinski definition) is 1. The van der Waals surface area contributed by atoms with Crippen molar-refractivity contribution in [1.82, 2.24) is 4.57 Å². The summed E-state index contributed by atoms with van der Waals surface area (Å²) in [6, 6.07) is 52.1. The molecule has 0 saturated heterocycles. The second kappa shape index (κ2) is 13.6. The van der Waals surface area contributed by atoms with Crippen LogP contribution in [0.4, 0.5) is 11.4 Å². The number of hydrogen-bond acceptors (Lipinski definition) is 2. The monoisotopic (exact) mass is 831 g/mol. The zero-order chi connectivity index (χ0) is 43.9. The van der Waals surface area contributed by atoms with Gasteiger partial charge in [-0.05, 0) is 146 Å². The lowest BCUT2D eigenvalue weighted by Crippen LogP contribution is -2.37. The predicted octanol–water partition coefficient (Wildman–Crippen LogP) is 14.9. The van der Waals surface area contributed by atoms with Crippen LogP contribution in [0.2, 0.25) is 0 Å². The quantitative estimate of drug-likeness (QED) is 0.175. The average molecular weight is 832 g/mol. The van der Waals surface area contributed by atoms with E-state index in [2.05, 4.69) is 212 Å². The summed E-state index contributed by atoms with van der Waals surface area (Å²) in [5.41, 5.74) is 21.4. The van der Waals surface area contributed by atoms with Crippen LogP contribution in [0.25, 0.3) is 72.0 Å². The summed E-state index contributed by atoms with van der Waals surface area (Å²) in [7, 11) is 2.45. The van der Waals surface area contributed by atoms with Crippen LogP contribution in [-0.2, 0) is 21.7 Å². The SMILES string of the molecule is CC1(C)CCC(C)(C)c2cc(Nc3cc4c(cc3-c3cc(-c5ccccc5)c5c6ccccc6n6c5c3[B]c3cc5oc(-c7ccccc7)cc5cc3-6)C(C)(C)CCC4(C)C)ccc21. The Bertz CT molecular complexity index is 3380. The molecule has 3 aliphatic rings. The van der Waals surface area contributed by atoms with Crippen LogP contribution < -0.4 is 16.2 Å². The summed E-state index contributed by atoms with van der Waals surface area (Å²) >= 11 is 0. The zero-order valence-electron chi connectivity index (χ0n) is 38.5. The molecule has 2 aliphatic carbocycles. The van der Waals surface area contributed by atoms with E-state index in [4.69, 9.17) is 4.42 Å². The lowest BCUT2D eigenvalue weighted by molar-refractivity contribution is 0.332. The molecule has 2 aromatic heterocycles. The molecule has 0 unspecified atom stereocenters. The number of anilines is 2. The molecule has 0 spiro atoms. The molecule has 9 aromatic rings. The molecule has 0 bridgehead atoms. The van der Waals surface area contributed by atoms with Crippen molar-refractivity contribution in [3.63, 3.8) is 0 Å². The zero-order valence-corrected chi connectivity index (χ0v) is 38.5. The molecule has 1 radical (unpaired) electrons. The van der Waals surface area contributed by atoms with Crippen LogP contribution in [0, 0.1) is 0 Å². The van der Waals surface area contributed by atoms with Crippen LogP contribution in [0.1, 0.15) is 103 Å². The van der Waals surface area contributed by atoms with E-state index in [0.717, 1.165) is 52.0 Å². The van der Waals surface area contributed by atoms with Crippen LogP contribution in [0.5, 0.6) is 0 Å². The molecule has 0 fully saturated rings. The van der Waals surface area contributed by atoms with Crippen molar-refractivity contribution in [3.8, 4) is 39.3 Å². The molecule has 0 atom stereocenters. The highest BCUT2D eigenvalue weighted by Crippen LogP contribution is 2.52. The Labute approximate surface area is 378 Å². The van der Waals surface area contributed by atoms with Crippen molar-refractivity contribution in [3.05, 3.63) is 162 Å². The minimum absolute atomic E-state index is 0.0235. The number of rotatable bonds is 5. The first-order valence-electron chi connectivity index (χ1n) is 23.4. The number of nitrogens with zero attached hydrogens (tertiary/aromatic N) is 1. The van der Waals surface area contributed by atoms with Crippen LogP contribution in [0.3, 0.4) is 0 Å². The molecular weight excluding hydrogens is 775 g/mol. The normalized spacial score (nSPS) is 17.4. The summed E-state index contributed by atoms with van der Waals surface area (Å²) in [6.07, 6.45) is 4.68. The maximum absolute atomic E-state index is 6.66. The topological polar surface area (TPSA) is 30.1 Å². The summed E-state index contributed by atoms with van der Waals surface area (Å²) in [6.45, 7) is 19.5. The molecule has 64 heavy (non-hydrogen) atoms. The molecule has 12 rings (SSSR count). The van der Waals surface area contributed by atoms with E-state index in [9.17, 15) is 0 Å². The molecule has 1 N–H and O–H groups in total. The minimum atomic E-state index is 0.0235. The van der Waals surface area contributed by atoms with Gasteiger partial charge in [0.2, 0.25) is 0 Å². The highest BCUT2D eigenvalue weighted by atomic mass is 16.3. The van der Waals surface area contributed by atoms with Gasteiger partial charge in [0.25, 0.3) is 0 Å². The summed E-state index contributed by atoms with van der Waals surface area (Å²) < 4.78 is 9.21. The molecule has 0 amide bonds. The van der Waals surface area contributed by atoms with Gasteiger partial charge in [-0.1, -0.05) is 146 Å². The van der Waals surface area contributed by atoms with Crippen molar-refractivity contribution in [1.29, 1.82) is 0 Å². The first kappa shape index (κ1) is 39.3. The number of para-hydroxylation sites is 1. The fourth-order valence-corrected chi connectivity index (χ4v) is 11.7. The lowest BCUT2D eigenvalue weighted by atomic mass is 9.58. The van der Waals surface area contributed by atoms with E-state index >= 15 is 0 Å². The first-order chi connectivity index (χ1) is 30.7. The third-order valence-electron chi connectivity index (χ3n) is 15.7. The van der Waals surface area contributed by atoms with E-state index in [1.54, 1.807) is 0 Å².